The summed E-state index contributed by atoms with van der Waals surface area (Å²) in [5.41, 5.74) is 3.84. The van der Waals surface area contributed by atoms with Crippen LogP contribution < -0.4 is 4.74 Å². The van der Waals surface area contributed by atoms with E-state index in [-0.39, 0.29) is 6.10 Å². The van der Waals surface area contributed by atoms with Crippen LogP contribution in [0, 0.1) is 13.8 Å². The normalized spacial score (nSPS) is 12.2. The molecule has 0 aliphatic heterocycles. The minimum absolute atomic E-state index is 0.159. The van der Waals surface area contributed by atoms with Crippen LogP contribution in [0.25, 0.3) is 0 Å². The van der Waals surface area contributed by atoms with Gasteiger partial charge in [0, 0.05) is 12.8 Å². The van der Waals surface area contributed by atoms with Gasteiger partial charge in [-0.15, -0.1) is 10.2 Å². The molecule has 3 rings (SSSR count). The maximum absolute atomic E-state index is 6.00. The third-order valence-electron chi connectivity index (χ3n) is 4.18. The van der Waals surface area contributed by atoms with Gasteiger partial charge in [-0.2, -0.15) is 0 Å². The van der Waals surface area contributed by atoms with Gasteiger partial charge in [0.1, 0.15) is 5.75 Å². The van der Waals surface area contributed by atoms with Crippen molar-refractivity contribution in [3.63, 3.8) is 0 Å². The highest BCUT2D eigenvalue weighted by Gasteiger charge is 2.17. The zero-order chi connectivity index (χ0) is 17.8. The highest BCUT2D eigenvalue weighted by molar-refractivity contribution is 7.98. The van der Waals surface area contributed by atoms with Crippen LogP contribution in [0.1, 0.15) is 35.5 Å². The number of hydrogen-bond donors (Lipinski definition) is 0. The highest BCUT2D eigenvalue weighted by atomic mass is 32.2. The van der Waals surface area contributed by atoms with Crippen LogP contribution in [0.3, 0.4) is 0 Å². The Balaban J connectivity index is 1.67. The fourth-order valence-corrected chi connectivity index (χ4v) is 3.59. The van der Waals surface area contributed by atoms with Gasteiger partial charge in [0.05, 0.1) is 0 Å². The average Bonchev–Trinajstić information content (AvgIpc) is 2.97. The van der Waals surface area contributed by atoms with E-state index in [1.54, 1.807) is 11.8 Å². The van der Waals surface area contributed by atoms with Crippen LogP contribution in [-0.2, 0) is 12.8 Å². The van der Waals surface area contributed by atoms with Crippen molar-refractivity contribution < 1.29 is 4.74 Å². The van der Waals surface area contributed by atoms with Gasteiger partial charge in [0.15, 0.2) is 17.1 Å². The molecule has 0 saturated heterocycles. The summed E-state index contributed by atoms with van der Waals surface area (Å²) in [7, 11) is 1.99. The van der Waals surface area contributed by atoms with Crippen molar-refractivity contribution in [1.82, 2.24) is 14.8 Å². The Hall–Kier alpha value is -2.27. The van der Waals surface area contributed by atoms with Crippen molar-refractivity contribution in [2.24, 2.45) is 7.05 Å². The second kappa shape index (κ2) is 7.74. The van der Waals surface area contributed by atoms with Crippen LogP contribution >= 0.6 is 11.8 Å². The van der Waals surface area contributed by atoms with Crippen molar-refractivity contribution in [2.45, 2.75) is 37.8 Å². The standard InChI is InChI=1S/C20H23N3OS/c1-14-9-11-18(12-10-14)24-16(3)19-21-22-20(23(19)4)25-13-17-8-6-5-7-15(17)2/h5-12,16H,13H2,1-4H3. The number of rotatable bonds is 6. The van der Waals surface area contributed by atoms with Crippen LogP contribution in [0.4, 0.5) is 0 Å². The third-order valence-corrected chi connectivity index (χ3v) is 5.25. The number of thioether (sulfide) groups is 1. The minimum atomic E-state index is -0.159. The zero-order valence-corrected chi connectivity index (χ0v) is 15.9. The molecule has 0 saturated carbocycles. The van der Waals surface area contributed by atoms with Crippen LogP contribution in [-0.4, -0.2) is 14.8 Å². The van der Waals surface area contributed by atoms with Gasteiger partial charge in [0.25, 0.3) is 0 Å². The molecule has 1 heterocycles. The van der Waals surface area contributed by atoms with Gasteiger partial charge in [-0.05, 0) is 44.0 Å². The molecule has 1 atom stereocenters. The Morgan fingerprint density at radius 3 is 2.48 bits per heavy atom. The minimum Gasteiger partial charge on any atom is -0.483 e. The molecule has 3 aromatic rings. The van der Waals surface area contributed by atoms with E-state index in [0.717, 1.165) is 22.5 Å². The Morgan fingerprint density at radius 2 is 1.76 bits per heavy atom. The van der Waals surface area contributed by atoms with Crippen molar-refractivity contribution in [2.75, 3.05) is 0 Å². The van der Waals surface area contributed by atoms with Gasteiger partial charge in [0.2, 0.25) is 0 Å². The highest BCUT2D eigenvalue weighted by Crippen LogP contribution is 2.26. The number of ether oxygens (including phenoxy) is 1. The summed E-state index contributed by atoms with van der Waals surface area (Å²) in [4.78, 5) is 0. The first-order valence-electron chi connectivity index (χ1n) is 8.34. The summed E-state index contributed by atoms with van der Waals surface area (Å²) in [5, 5.41) is 9.56. The second-order valence-corrected chi connectivity index (χ2v) is 7.13. The summed E-state index contributed by atoms with van der Waals surface area (Å²) in [5.74, 6) is 2.55. The van der Waals surface area contributed by atoms with Crippen molar-refractivity contribution >= 4 is 11.8 Å². The molecular weight excluding hydrogens is 330 g/mol. The first-order valence-corrected chi connectivity index (χ1v) is 9.33. The first-order chi connectivity index (χ1) is 12.0. The largest absolute Gasteiger partial charge is 0.483 e. The lowest BCUT2D eigenvalue weighted by Gasteiger charge is -2.14. The Bertz CT molecular complexity index is 842. The van der Waals surface area contributed by atoms with E-state index in [9.17, 15) is 0 Å². The summed E-state index contributed by atoms with van der Waals surface area (Å²) < 4.78 is 8.01. The molecule has 0 N–H and O–H groups in total. The third kappa shape index (κ3) is 4.23. The van der Waals surface area contributed by atoms with E-state index in [2.05, 4.69) is 48.3 Å². The Kier molecular flexibility index (Phi) is 5.43. The molecule has 0 radical (unpaired) electrons. The molecule has 4 nitrogen and oxygen atoms in total. The number of hydrogen-bond acceptors (Lipinski definition) is 4. The van der Waals surface area contributed by atoms with E-state index < -0.39 is 0 Å². The van der Waals surface area contributed by atoms with E-state index in [0.29, 0.717) is 0 Å². The van der Waals surface area contributed by atoms with Crippen LogP contribution in [0.15, 0.2) is 53.7 Å². The van der Waals surface area contributed by atoms with Crippen molar-refractivity contribution in [1.29, 1.82) is 0 Å². The van der Waals surface area contributed by atoms with Gasteiger partial charge < -0.3 is 9.30 Å². The SMILES string of the molecule is Cc1ccc(OC(C)c2nnc(SCc3ccccc3C)n2C)cc1. The fourth-order valence-electron chi connectivity index (χ4n) is 2.59. The summed E-state index contributed by atoms with van der Waals surface area (Å²) in [6.07, 6.45) is -0.159. The fraction of sp³-hybridized carbons (Fsp3) is 0.300. The topological polar surface area (TPSA) is 39.9 Å². The first kappa shape index (κ1) is 17.5. The monoisotopic (exact) mass is 353 g/mol. The van der Waals surface area contributed by atoms with E-state index in [1.165, 1.54) is 16.7 Å². The predicted octanol–water partition coefficient (Wildman–Crippen LogP) is 4.86. The number of aryl methyl sites for hydroxylation is 2. The lowest BCUT2D eigenvalue weighted by Crippen LogP contribution is -2.10. The average molecular weight is 353 g/mol. The number of benzene rings is 2. The molecule has 25 heavy (non-hydrogen) atoms. The maximum Gasteiger partial charge on any atom is 0.191 e. The molecule has 5 heteroatoms. The molecule has 0 bridgehead atoms. The van der Waals surface area contributed by atoms with Gasteiger partial charge in [-0.1, -0.05) is 53.7 Å². The smallest absolute Gasteiger partial charge is 0.191 e. The van der Waals surface area contributed by atoms with E-state index in [1.807, 2.05) is 42.8 Å². The molecular formula is C20H23N3OS. The molecule has 130 valence electrons. The van der Waals surface area contributed by atoms with Crippen molar-refractivity contribution in [3.8, 4) is 5.75 Å². The van der Waals surface area contributed by atoms with Crippen LogP contribution in [0.2, 0.25) is 0 Å². The lowest BCUT2D eigenvalue weighted by atomic mass is 10.1. The maximum atomic E-state index is 6.00. The lowest BCUT2D eigenvalue weighted by molar-refractivity contribution is 0.211. The van der Waals surface area contributed by atoms with E-state index in [4.69, 9.17) is 4.74 Å². The molecule has 2 aromatic carbocycles. The summed E-state index contributed by atoms with van der Waals surface area (Å²) >= 11 is 1.69. The Labute approximate surface area is 153 Å². The molecule has 0 fully saturated rings. The zero-order valence-electron chi connectivity index (χ0n) is 15.1. The molecule has 0 spiro atoms. The quantitative estimate of drug-likeness (QED) is 0.593. The molecule has 0 aliphatic carbocycles. The molecule has 1 unspecified atom stereocenters. The van der Waals surface area contributed by atoms with Crippen molar-refractivity contribution in [3.05, 3.63) is 71.0 Å². The van der Waals surface area contributed by atoms with Crippen LogP contribution in [0.5, 0.6) is 5.75 Å². The van der Waals surface area contributed by atoms with E-state index >= 15 is 0 Å². The summed E-state index contributed by atoms with van der Waals surface area (Å²) in [6.45, 7) is 6.20. The van der Waals surface area contributed by atoms with Gasteiger partial charge >= 0.3 is 0 Å². The number of nitrogens with zero attached hydrogens (tertiary/aromatic N) is 3. The Morgan fingerprint density at radius 1 is 1.04 bits per heavy atom. The predicted molar refractivity (Wildman–Crippen MR) is 102 cm³/mol. The van der Waals surface area contributed by atoms with Gasteiger partial charge in [-0.3, -0.25) is 0 Å². The molecule has 1 aromatic heterocycles. The second-order valence-electron chi connectivity index (χ2n) is 6.19. The summed E-state index contributed by atoms with van der Waals surface area (Å²) in [6, 6.07) is 16.5. The number of aromatic nitrogens is 3. The molecule has 0 amide bonds. The molecule has 0 aliphatic rings. The van der Waals surface area contributed by atoms with Gasteiger partial charge in [-0.25, -0.2) is 0 Å².